The Kier molecular flexibility index (Phi) is 5.58. The van der Waals surface area contributed by atoms with Crippen LogP contribution in [0.2, 0.25) is 0 Å². The molecule has 3 amide bonds. The van der Waals surface area contributed by atoms with Crippen molar-refractivity contribution >= 4 is 11.9 Å². The molecule has 0 radical (unpaired) electrons. The van der Waals surface area contributed by atoms with Crippen molar-refractivity contribution in [3.8, 4) is 0 Å². The highest BCUT2D eigenvalue weighted by atomic mass is 16.2. The number of aromatic nitrogens is 2. The Morgan fingerprint density at radius 1 is 1.15 bits per heavy atom. The fourth-order valence-electron chi connectivity index (χ4n) is 3.90. The number of carbonyl (C=O) groups excluding carboxylic acids is 2. The molecular weight excluding hydrogens is 334 g/mol. The topological polar surface area (TPSA) is 89.6 Å². The van der Waals surface area contributed by atoms with E-state index in [1.807, 2.05) is 4.90 Å². The molecule has 2 fully saturated rings. The molecule has 8 nitrogen and oxygen atoms in total. The van der Waals surface area contributed by atoms with Crippen LogP contribution >= 0.6 is 0 Å². The number of nitrogens with one attached hydrogen (secondary N) is 1. The van der Waals surface area contributed by atoms with Crippen molar-refractivity contribution in [1.82, 2.24) is 24.7 Å². The zero-order valence-electron chi connectivity index (χ0n) is 15.5. The van der Waals surface area contributed by atoms with Crippen LogP contribution in [0.3, 0.4) is 0 Å². The third-order valence-corrected chi connectivity index (χ3v) is 5.35. The smallest absolute Gasteiger partial charge is 0.319 e. The third kappa shape index (κ3) is 4.05. The first kappa shape index (κ1) is 18.4. The Labute approximate surface area is 153 Å². The van der Waals surface area contributed by atoms with Gasteiger partial charge in [-0.3, -0.25) is 9.59 Å². The van der Waals surface area contributed by atoms with Crippen LogP contribution in [-0.4, -0.2) is 76.9 Å². The SMILES string of the molecule is CN(C)C(=O)N1CCC[C@H](C(=O)N2CCC(c3cc(=O)[nH]cn3)CC2)C1. The highest BCUT2D eigenvalue weighted by Crippen LogP contribution is 2.28. The molecule has 2 aliphatic rings. The van der Waals surface area contributed by atoms with E-state index < -0.39 is 0 Å². The van der Waals surface area contributed by atoms with E-state index in [0.717, 1.165) is 37.9 Å². The standard InChI is InChI=1S/C18H27N5O3/c1-21(2)18(26)23-7-3-4-14(11-23)17(25)22-8-5-13(6-9-22)15-10-16(24)20-12-19-15/h10,12-14H,3-9,11H2,1-2H3,(H,19,20,24)/t14-/m0/s1. The summed E-state index contributed by atoms with van der Waals surface area (Å²) in [4.78, 5) is 48.6. The second-order valence-electron chi connectivity index (χ2n) is 7.40. The monoisotopic (exact) mass is 361 g/mol. The largest absolute Gasteiger partial charge is 0.342 e. The molecule has 0 unspecified atom stereocenters. The van der Waals surface area contributed by atoms with Gasteiger partial charge in [0.1, 0.15) is 0 Å². The first-order valence-electron chi connectivity index (χ1n) is 9.25. The molecule has 1 aromatic rings. The summed E-state index contributed by atoms with van der Waals surface area (Å²) in [5.74, 6) is 0.264. The van der Waals surface area contributed by atoms with Crippen LogP contribution in [0, 0.1) is 5.92 Å². The quantitative estimate of drug-likeness (QED) is 0.846. The van der Waals surface area contributed by atoms with Crippen molar-refractivity contribution < 1.29 is 9.59 Å². The van der Waals surface area contributed by atoms with Crippen LogP contribution in [0.25, 0.3) is 0 Å². The number of hydrogen-bond donors (Lipinski definition) is 1. The fourth-order valence-corrected chi connectivity index (χ4v) is 3.90. The molecule has 0 saturated carbocycles. The van der Waals surface area contributed by atoms with E-state index in [4.69, 9.17) is 0 Å². The molecule has 26 heavy (non-hydrogen) atoms. The molecule has 142 valence electrons. The normalized spacial score (nSPS) is 21.5. The minimum absolute atomic E-state index is 0.0263. The minimum atomic E-state index is -0.138. The zero-order valence-corrected chi connectivity index (χ0v) is 15.5. The molecule has 2 aliphatic heterocycles. The molecule has 1 atom stereocenters. The van der Waals surface area contributed by atoms with Crippen molar-refractivity contribution in [2.75, 3.05) is 40.3 Å². The average Bonchev–Trinajstić information content (AvgIpc) is 2.67. The summed E-state index contributed by atoms with van der Waals surface area (Å²) in [6.45, 7) is 2.58. The number of amides is 3. The summed E-state index contributed by atoms with van der Waals surface area (Å²) in [7, 11) is 3.47. The van der Waals surface area contributed by atoms with Gasteiger partial charge in [0.05, 0.1) is 17.9 Å². The Morgan fingerprint density at radius 3 is 2.54 bits per heavy atom. The summed E-state index contributed by atoms with van der Waals surface area (Å²) in [5.41, 5.74) is 0.669. The third-order valence-electron chi connectivity index (χ3n) is 5.35. The summed E-state index contributed by atoms with van der Waals surface area (Å²) in [6.07, 6.45) is 4.77. The van der Waals surface area contributed by atoms with E-state index in [1.165, 1.54) is 6.33 Å². The van der Waals surface area contributed by atoms with E-state index in [2.05, 4.69) is 9.97 Å². The van der Waals surface area contributed by atoms with Crippen molar-refractivity contribution in [1.29, 1.82) is 0 Å². The predicted molar refractivity (Wildman–Crippen MR) is 96.8 cm³/mol. The fraction of sp³-hybridized carbons (Fsp3) is 0.667. The molecule has 2 saturated heterocycles. The van der Waals surface area contributed by atoms with E-state index in [0.29, 0.717) is 19.6 Å². The van der Waals surface area contributed by atoms with Crippen LogP contribution in [0.5, 0.6) is 0 Å². The predicted octanol–water partition coefficient (Wildman–Crippen LogP) is 0.870. The second-order valence-corrected chi connectivity index (χ2v) is 7.40. The maximum atomic E-state index is 12.9. The van der Waals surface area contributed by atoms with Gasteiger partial charge in [-0.05, 0) is 25.7 Å². The molecule has 0 aliphatic carbocycles. The van der Waals surface area contributed by atoms with Gasteiger partial charge in [-0.25, -0.2) is 9.78 Å². The molecule has 0 bridgehead atoms. The number of hydrogen-bond acceptors (Lipinski definition) is 4. The van der Waals surface area contributed by atoms with Gasteiger partial charge in [0.2, 0.25) is 5.91 Å². The highest BCUT2D eigenvalue weighted by molar-refractivity contribution is 5.81. The zero-order chi connectivity index (χ0) is 18.7. The van der Waals surface area contributed by atoms with E-state index >= 15 is 0 Å². The van der Waals surface area contributed by atoms with Crippen LogP contribution in [0.1, 0.15) is 37.3 Å². The molecule has 0 spiro atoms. The number of H-pyrrole nitrogens is 1. The molecule has 8 heteroatoms. The lowest BCUT2D eigenvalue weighted by Gasteiger charge is -2.38. The Balaban J connectivity index is 1.56. The molecule has 3 rings (SSSR count). The van der Waals surface area contributed by atoms with Crippen LogP contribution < -0.4 is 5.56 Å². The summed E-state index contributed by atoms with van der Waals surface area (Å²) < 4.78 is 0. The van der Waals surface area contributed by atoms with Gasteiger partial charge >= 0.3 is 6.03 Å². The summed E-state index contributed by atoms with van der Waals surface area (Å²) >= 11 is 0. The number of rotatable bonds is 2. The van der Waals surface area contributed by atoms with Gasteiger partial charge in [-0.1, -0.05) is 0 Å². The van der Waals surface area contributed by atoms with Gasteiger partial charge in [0.15, 0.2) is 0 Å². The molecular formula is C18H27N5O3. The summed E-state index contributed by atoms with van der Waals surface area (Å²) in [6, 6.07) is 1.52. The molecule has 3 heterocycles. The highest BCUT2D eigenvalue weighted by Gasteiger charge is 2.33. The Hall–Kier alpha value is -2.38. The van der Waals surface area contributed by atoms with Crippen LogP contribution in [-0.2, 0) is 4.79 Å². The van der Waals surface area contributed by atoms with Crippen molar-refractivity contribution in [3.63, 3.8) is 0 Å². The van der Waals surface area contributed by atoms with E-state index in [9.17, 15) is 14.4 Å². The van der Waals surface area contributed by atoms with Crippen molar-refractivity contribution in [3.05, 3.63) is 28.4 Å². The number of nitrogens with zero attached hydrogens (tertiary/aromatic N) is 4. The van der Waals surface area contributed by atoms with Crippen molar-refractivity contribution in [2.24, 2.45) is 5.92 Å². The van der Waals surface area contributed by atoms with Gasteiger partial charge in [0.25, 0.3) is 5.56 Å². The molecule has 0 aromatic carbocycles. The molecule has 1 N–H and O–H groups in total. The first-order chi connectivity index (χ1) is 12.5. The van der Waals surface area contributed by atoms with Gasteiger partial charge < -0.3 is 19.7 Å². The first-order valence-corrected chi connectivity index (χ1v) is 9.25. The van der Waals surface area contributed by atoms with Crippen molar-refractivity contribution in [2.45, 2.75) is 31.6 Å². The van der Waals surface area contributed by atoms with E-state index in [1.54, 1.807) is 30.0 Å². The van der Waals surface area contributed by atoms with Gasteiger partial charge in [-0.15, -0.1) is 0 Å². The molecule has 1 aromatic heterocycles. The maximum absolute atomic E-state index is 12.9. The number of urea groups is 1. The number of piperidine rings is 2. The number of aromatic amines is 1. The van der Waals surface area contributed by atoms with Gasteiger partial charge in [-0.2, -0.15) is 0 Å². The van der Waals surface area contributed by atoms with Crippen LogP contribution in [0.15, 0.2) is 17.2 Å². The lowest BCUT2D eigenvalue weighted by molar-refractivity contribution is -0.138. The number of carbonyl (C=O) groups is 2. The summed E-state index contributed by atoms with van der Waals surface area (Å²) in [5, 5.41) is 0. The Morgan fingerprint density at radius 2 is 1.88 bits per heavy atom. The Bertz CT molecular complexity index is 709. The van der Waals surface area contributed by atoms with Gasteiger partial charge in [0, 0.05) is 52.3 Å². The minimum Gasteiger partial charge on any atom is -0.342 e. The lowest BCUT2D eigenvalue weighted by Crippen LogP contribution is -2.50. The second kappa shape index (κ2) is 7.88. The van der Waals surface area contributed by atoms with E-state index in [-0.39, 0.29) is 29.3 Å². The number of likely N-dealkylation sites (tertiary alicyclic amines) is 2. The van der Waals surface area contributed by atoms with Crippen LogP contribution in [0.4, 0.5) is 4.79 Å². The average molecular weight is 361 g/mol. The lowest BCUT2D eigenvalue weighted by atomic mass is 9.91. The maximum Gasteiger partial charge on any atom is 0.319 e.